The second kappa shape index (κ2) is 6.99. The Hall–Kier alpha value is -0.580. The number of methoxy groups -OCH3 is 1. The van der Waals surface area contributed by atoms with E-state index in [9.17, 15) is 0 Å². The van der Waals surface area contributed by atoms with Crippen LogP contribution in [0.2, 0.25) is 0 Å². The van der Waals surface area contributed by atoms with Gasteiger partial charge in [-0.2, -0.15) is 0 Å². The monoisotopic (exact) mass is 301 g/mol. The van der Waals surface area contributed by atoms with Gasteiger partial charge in [0.1, 0.15) is 11.9 Å². The van der Waals surface area contributed by atoms with Gasteiger partial charge in [0.2, 0.25) is 0 Å². The molecule has 0 saturated heterocycles. The zero-order chi connectivity index (χ0) is 12.8. The quantitative estimate of drug-likeness (QED) is 0.876. The second-order valence-electron chi connectivity index (χ2n) is 4.12. The van der Waals surface area contributed by atoms with Crippen LogP contribution in [0.1, 0.15) is 11.1 Å². The molecule has 4 heteroatoms. The highest BCUT2D eigenvalue weighted by molar-refractivity contribution is 9.10. The fourth-order valence-corrected chi connectivity index (χ4v) is 1.94. The smallest absolute Gasteiger partial charge is 0.134 e. The molecule has 0 aliphatic heterocycles. The minimum atomic E-state index is 0.0324. The highest BCUT2D eigenvalue weighted by Gasteiger charge is 2.11. The third-order valence-electron chi connectivity index (χ3n) is 2.50. The van der Waals surface area contributed by atoms with Crippen LogP contribution in [-0.4, -0.2) is 33.4 Å². The molecule has 96 valence electrons. The lowest BCUT2D eigenvalue weighted by atomic mass is 10.1. The normalized spacial score (nSPS) is 12.5. The molecule has 3 nitrogen and oxygen atoms in total. The summed E-state index contributed by atoms with van der Waals surface area (Å²) in [7, 11) is 3.59. The molecule has 0 saturated carbocycles. The van der Waals surface area contributed by atoms with E-state index in [1.165, 1.54) is 11.1 Å². The van der Waals surface area contributed by atoms with Crippen LogP contribution in [0.5, 0.6) is 5.75 Å². The van der Waals surface area contributed by atoms with Crippen LogP contribution in [0.15, 0.2) is 16.6 Å². The number of benzene rings is 1. The molecule has 17 heavy (non-hydrogen) atoms. The van der Waals surface area contributed by atoms with E-state index < -0.39 is 0 Å². The van der Waals surface area contributed by atoms with E-state index in [0.717, 1.165) is 16.8 Å². The minimum absolute atomic E-state index is 0.0324. The van der Waals surface area contributed by atoms with Gasteiger partial charge in [0.25, 0.3) is 0 Å². The summed E-state index contributed by atoms with van der Waals surface area (Å²) < 4.78 is 12.2. The van der Waals surface area contributed by atoms with Gasteiger partial charge in [-0.15, -0.1) is 0 Å². The van der Waals surface area contributed by atoms with Crippen LogP contribution in [0.4, 0.5) is 0 Å². The van der Waals surface area contributed by atoms with Crippen molar-refractivity contribution in [2.75, 3.05) is 27.3 Å². The molecular weight excluding hydrogens is 282 g/mol. The maximum atomic E-state index is 5.90. The van der Waals surface area contributed by atoms with Gasteiger partial charge in [-0.25, -0.2) is 0 Å². The van der Waals surface area contributed by atoms with Crippen LogP contribution in [0.25, 0.3) is 0 Å². The van der Waals surface area contributed by atoms with E-state index >= 15 is 0 Å². The summed E-state index contributed by atoms with van der Waals surface area (Å²) in [5, 5.41) is 3.10. The lowest BCUT2D eigenvalue weighted by molar-refractivity contribution is 0.0818. The summed E-state index contributed by atoms with van der Waals surface area (Å²) in [5.41, 5.74) is 2.36. The molecule has 1 atom stereocenters. The summed E-state index contributed by atoms with van der Waals surface area (Å²) in [4.78, 5) is 0. The Morgan fingerprint density at radius 1 is 1.29 bits per heavy atom. The Morgan fingerprint density at radius 3 is 2.35 bits per heavy atom. The van der Waals surface area contributed by atoms with Crippen LogP contribution in [0.3, 0.4) is 0 Å². The molecule has 1 unspecified atom stereocenters. The van der Waals surface area contributed by atoms with Crippen LogP contribution < -0.4 is 10.1 Å². The van der Waals surface area contributed by atoms with Crippen LogP contribution in [0, 0.1) is 13.8 Å². The molecular formula is C13H20BrNO2. The van der Waals surface area contributed by atoms with Gasteiger partial charge < -0.3 is 14.8 Å². The van der Waals surface area contributed by atoms with E-state index in [2.05, 4.69) is 35.1 Å². The van der Waals surface area contributed by atoms with Crippen molar-refractivity contribution in [2.24, 2.45) is 0 Å². The number of ether oxygens (including phenoxy) is 2. The minimum Gasteiger partial charge on any atom is -0.487 e. The number of aryl methyl sites for hydroxylation is 2. The average Bonchev–Trinajstić information content (AvgIpc) is 2.26. The predicted octanol–water partition coefficient (Wildman–Crippen LogP) is 2.68. The van der Waals surface area contributed by atoms with Gasteiger partial charge in [0, 0.05) is 18.1 Å². The molecule has 0 fully saturated rings. The highest BCUT2D eigenvalue weighted by Crippen LogP contribution is 2.26. The SMILES string of the molecule is CNCC(COC)Oc1cc(C)c(Br)c(C)c1. The first-order valence-electron chi connectivity index (χ1n) is 5.65. The first kappa shape index (κ1) is 14.5. The largest absolute Gasteiger partial charge is 0.487 e. The number of halogens is 1. The van der Waals surface area contributed by atoms with Gasteiger partial charge in [0.15, 0.2) is 0 Å². The van der Waals surface area contributed by atoms with Crippen LogP contribution >= 0.6 is 15.9 Å². The first-order chi connectivity index (χ1) is 8.08. The third-order valence-corrected chi connectivity index (χ3v) is 3.75. The zero-order valence-corrected chi connectivity index (χ0v) is 12.4. The van der Waals surface area contributed by atoms with Crippen molar-refractivity contribution in [3.05, 3.63) is 27.7 Å². The van der Waals surface area contributed by atoms with Crippen molar-refractivity contribution in [1.29, 1.82) is 0 Å². The molecule has 0 radical (unpaired) electrons. The lowest BCUT2D eigenvalue weighted by Gasteiger charge is -2.19. The molecule has 1 aromatic rings. The van der Waals surface area contributed by atoms with E-state index in [0.29, 0.717) is 6.61 Å². The van der Waals surface area contributed by atoms with Crippen molar-refractivity contribution < 1.29 is 9.47 Å². The Labute approximate surface area is 112 Å². The molecule has 1 aromatic carbocycles. The van der Waals surface area contributed by atoms with Gasteiger partial charge >= 0.3 is 0 Å². The standard InChI is InChI=1S/C13H20BrNO2/c1-9-5-11(6-10(2)13(9)14)17-12(7-15-3)8-16-4/h5-6,12,15H,7-8H2,1-4H3. The van der Waals surface area contributed by atoms with Gasteiger partial charge in [0.05, 0.1) is 6.61 Å². The molecule has 0 aliphatic carbocycles. The summed E-state index contributed by atoms with van der Waals surface area (Å²) >= 11 is 3.55. The Balaban J connectivity index is 2.78. The summed E-state index contributed by atoms with van der Waals surface area (Å²) in [6.45, 7) is 5.47. The number of likely N-dealkylation sites (N-methyl/N-ethyl adjacent to an activating group) is 1. The van der Waals surface area contributed by atoms with E-state index in [1.807, 2.05) is 19.2 Å². The zero-order valence-electron chi connectivity index (χ0n) is 10.8. The van der Waals surface area contributed by atoms with E-state index in [1.54, 1.807) is 7.11 Å². The lowest BCUT2D eigenvalue weighted by Crippen LogP contribution is -2.33. The molecule has 1 rings (SSSR count). The Kier molecular flexibility index (Phi) is 5.95. The number of rotatable bonds is 6. The second-order valence-corrected chi connectivity index (χ2v) is 4.92. The van der Waals surface area contributed by atoms with E-state index in [-0.39, 0.29) is 6.10 Å². The number of nitrogens with one attached hydrogen (secondary N) is 1. The molecule has 0 aromatic heterocycles. The molecule has 0 spiro atoms. The van der Waals surface area contributed by atoms with Crippen molar-refractivity contribution in [2.45, 2.75) is 20.0 Å². The molecule has 0 heterocycles. The molecule has 1 N–H and O–H groups in total. The Morgan fingerprint density at radius 2 is 1.88 bits per heavy atom. The van der Waals surface area contributed by atoms with Gasteiger partial charge in [-0.1, -0.05) is 15.9 Å². The average molecular weight is 302 g/mol. The van der Waals surface area contributed by atoms with Gasteiger partial charge in [-0.05, 0) is 44.2 Å². The fourth-order valence-electron chi connectivity index (χ4n) is 1.71. The first-order valence-corrected chi connectivity index (χ1v) is 6.44. The Bertz CT molecular complexity index is 339. The molecule has 0 aliphatic rings. The maximum Gasteiger partial charge on any atom is 0.134 e. The van der Waals surface area contributed by atoms with Crippen molar-refractivity contribution >= 4 is 15.9 Å². The maximum absolute atomic E-state index is 5.90. The van der Waals surface area contributed by atoms with E-state index in [4.69, 9.17) is 9.47 Å². The topological polar surface area (TPSA) is 30.5 Å². The third kappa shape index (κ3) is 4.30. The molecule has 0 amide bonds. The highest BCUT2D eigenvalue weighted by atomic mass is 79.9. The van der Waals surface area contributed by atoms with Gasteiger partial charge in [-0.3, -0.25) is 0 Å². The summed E-state index contributed by atoms with van der Waals surface area (Å²) in [6, 6.07) is 4.07. The number of hydrogen-bond donors (Lipinski definition) is 1. The number of hydrogen-bond acceptors (Lipinski definition) is 3. The van der Waals surface area contributed by atoms with Crippen LogP contribution in [-0.2, 0) is 4.74 Å². The van der Waals surface area contributed by atoms with Crippen molar-refractivity contribution in [3.8, 4) is 5.75 Å². The molecule has 0 bridgehead atoms. The summed E-state index contributed by atoms with van der Waals surface area (Å²) in [5.74, 6) is 0.889. The summed E-state index contributed by atoms with van der Waals surface area (Å²) in [6.07, 6.45) is 0.0324. The predicted molar refractivity (Wildman–Crippen MR) is 73.8 cm³/mol. The van der Waals surface area contributed by atoms with Crippen molar-refractivity contribution in [3.63, 3.8) is 0 Å². The van der Waals surface area contributed by atoms with Crippen molar-refractivity contribution in [1.82, 2.24) is 5.32 Å². The fraction of sp³-hybridized carbons (Fsp3) is 0.538.